The van der Waals surface area contributed by atoms with Crippen molar-refractivity contribution in [2.75, 3.05) is 13.1 Å². The summed E-state index contributed by atoms with van der Waals surface area (Å²) in [6, 6.07) is 5.44. The molecule has 1 saturated heterocycles. The number of carbonyl (C=O) groups excluding carboxylic acids is 1. The molecule has 5 rings (SSSR count). The maximum absolute atomic E-state index is 12.9. The van der Waals surface area contributed by atoms with Crippen LogP contribution in [-0.4, -0.2) is 71.6 Å². The number of aromatic nitrogens is 5. The van der Waals surface area contributed by atoms with E-state index in [1.807, 2.05) is 21.7 Å². The first-order valence-corrected chi connectivity index (χ1v) is 9.44. The lowest BCUT2D eigenvalue weighted by Crippen LogP contribution is -2.35. The highest BCUT2D eigenvalue weighted by Gasteiger charge is 2.43. The summed E-state index contributed by atoms with van der Waals surface area (Å²) in [5.41, 5.74) is 2.09. The number of amides is 1. The Labute approximate surface area is 166 Å². The summed E-state index contributed by atoms with van der Waals surface area (Å²) in [5.74, 6) is 0.785. The van der Waals surface area contributed by atoms with Gasteiger partial charge in [0.25, 0.3) is 12.4 Å². The number of nitrogens with one attached hydrogen (secondary N) is 1. The highest BCUT2D eigenvalue weighted by atomic mass is 16.3. The Balaban J connectivity index is 0.000000645. The Kier molecular flexibility index (Phi) is 5.26. The van der Waals surface area contributed by atoms with Crippen LogP contribution >= 0.6 is 0 Å². The zero-order valence-corrected chi connectivity index (χ0v) is 15.6. The van der Waals surface area contributed by atoms with E-state index in [4.69, 9.17) is 9.90 Å². The van der Waals surface area contributed by atoms with Gasteiger partial charge in [0.1, 0.15) is 11.0 Å². The third-order valence-electron chi connectivity index (χ3n) is 5.87. The van der Waals surface area contributed by atoms with Gasteiger partial charge in [-0.2, -0.15) is 15.4 Å². The molecule has 4 atom stereocenters. The van der Waals surface area contributed by atoms with Crippen LogP contribution in [0.25, 0.3) is 11.0 Å². The van der Waals surface area contributed by atoms with Crippen molar-refractivity contribution in [3.05, 3.63) is 42.5 Å². The molecule has 10 nitrogen and oxygen atoms in total. The number of aliphatic hydroxyl groups is 1. The summed E-state index contributed by atoms with van der Waals surface area (Å²) < 4.78 is 1.99. The number of aliphatic hydroxyl groups excluding tert-OH is 1. The number of nitrogens with zero attached hydrogens (tertiary/aromatic N) is 5. The van der Waals surface area contributed by atoms with Crippen LogP contribution < -0.4 is 0 Å². The molecule has 1 amide bonds. The number of rotatable bonds is 2. The number of imidazole rings is 1. The van der Waals surface area contributed by atoms with Gasteiger partial charge in [-0.05, 0) is 42.9 Å². The number of likely N-dealkylation sites (tertiary alicyclic amines) is 1. The third kappa shape index (κ3) is 3.70. The molecule has 0 spiro atoms. The van der Waals surface area contributed by atoms with Gasteiger partial charge in [-0.15, -0.1) is 0 Å². The molecule has 2 aliphatic rings. The van der Waals surface area contributed by atoms with Crippen molar-refractivity contribution in [1.29, 1.82) is 0 Å². The predicted molar refractivity (Wildman–Crippen MR) is 102 cm³/mol. The molecule has 0 bridgehead atoms. The molecule has 1 aromatic carbocycles. The molecule has 0 unspecified atom stereocenters. The van der Waals surface area contributed by atoms with Gasteiger partial charge in [0, 0.05) is 31.0 Å². The molecule has 152 valence electrons. The largest absolute Gasteiger partial charge is 0.483 e. The Bertz CT molecular complexity index is 988. The van der Waals surface area contributed by atoms with E-state index in [0.29, 0.717) is 29.5 Å². The molecule has 1 saturated carbocycles. The zero-order valence-electron chi connectivity index (χ0n) is 15.6. The average molecular weight is 398 g/mol. The first-order chi connectivity index (χ1) is 14.1. The van der Waals surface area contributed by atoms with Gasteiger partial charge >= 0.3 is 0 Å². The molecule has 0 radical (unpaired) electrons. The van der Waals surface area contributed by atoms with Gasteiger partial charge in [-0.1, -0.05) is 0 Å². The Morgan fingerprint density at radius 1 is 1.17 bits per heavy atom. The number of fused-ring (bicyclic) bond motifs is 2. The second kappa shape index (κ2) is 8.00. The van der Waals surface area contributed by atoms with Gasteiger partial charge in [-0.25, -0.2) is 4.98 Å². The van der Waals surface area contributed by atoms with E-state index in [1.165, 1.54) is 0 Å². The maximum atomic E-state index is 12.9. The van der Waals surface area contributed by atoms with Crippen LogP contribution in [0.4, 0.5) is 0 Å². The minimum absolute atomic E-state index is 0.0259. The molecule has 1 aliphatic heterocycles. The topological polar surface area (TPSA) is 137 Å². The summed E-state index contributed by atoms with van der Waals surface area (Å²) >= 11 is 0. The summed E-state index contributed by atoms with van der Waals surface area (Å²) in [5, 5.41) is 28.1. The number of aromatic amines is 1. The molecule has 2 aromatic heterocycles. The molecular weight excluding hydrogens is 376 g/mol. The predicted octanol–water partition coefficient (Wildman–Crippen LogP) is 0.939. The summed E-state index contributed by atoms with van der Waals surface area (Å²) in [6.07, 6.45) is 6.60. The number of carbonyl (C=O) groups is 2. The van der Waals surface area contributed by atoms with Gasteiger partial charge in [0.05, 0.1) is 18.5 Å². The molecule has 3 heterocycles. The summed E-state index contributed by atoms with van der Waals surface area (Å²) in [4.78, 5) is 27.3. The van der Waals surface area contributed by atoms with Gasteiger partial charge in [0.2, 0.25) is 0 Å². The lowest BCUT2D eigenvalue weighted by molar-refractivity contribution is -0.122. The third-order valence-corrected chi connectivity index (χ3v) is 5.87. The van der Waals surface area contributed by atoms with Gasteiger partial charge in [0.15, 0.2) is 0 Å². The van der Waals surface area contributed by atoms with E-state index in [1.54, 1.807) is 24.7 Å². The van der Waals surface area contributed by atoms with Crippen LogP contribution in [0.3, 0.4) is 0 Å². The lowest BCUT2D eigenvalue weighted by atomic mass is 9.77. The zero-order chi connectivity index (χ0) is 20.4. The summed E-state index contributed by atoms with van der Waals surface area (Å²) in [6.45, 7) is 1.19. The van der Waals surface area contributed by atoms with Crippen LogP contribution in [0.1, 0.15) is 29.2 Å². The van der Waals surface area contributed by atoms with Crippen molar-refractivity contribution in [2.45, 2.75) is 25.0 Å². The summed E-state index contributed by atoms with van der Waals surface area (Å²) in [7, 11) is 0. The van der Waals surface area contributed by atoms with Crippen LogP contribution in [0.2, 0.25) is 0 Å². The minimum atomic E-state index is -0.396. The minimum Gasteiger partial charge on any atom is -0.483 e. The SMILES string of the molecule is O=C(c1ccc2n[nH]nc2c1)N1C[C@H]2C[C@@H](n3ccnc3)[C@H](O)C[C@H]2C1.O=CO. The van der Waals surface area contributed by atoms with Gasteiger partial charge in [-0.3, -0.25) is 9.59 Å². The number of hydrogen-bond donors (Lipinski definition) is 3. The van der Waals surface area contributed by atoms with Crippen molar-refractivity contribution in [1.82, 2.24) is 29.9 Å². The molecule has 29 heavy (non-hydrogen) atoms. The Morgan fingerprint density at radius 2 is 1.90 bits per heavy atom. The lowest BCUT2D eigenvalue weighted by Gasteiger charge is -2.35. The van der Waals surface area contributed by atoms with E-state index in [-0.39, 0.29) is 18.4 Å². The van der Waals surface area contributed by atoms with E-state index < -0.39 is 6.10 Å². The second-order valence-electron chi connectivity index (χ2n) is 7.48. The number of carboxylic acid groups (broad SMARTS) is 1. The number of hydrogen-bond acceptors (Lipinski definition) is 6. The molecular formula is C19H22N6O4. The highest BCUT2D eigenvalue weighted by Crippen LogP contribution is 2.41. The standard InChI is InChI=1S/C18H20N6O2.CH2O2/c25-17-7-13-9-24(8-12(13)6-16(17)23-4-3-19-10-23)18(26)11-1-2-14-15(5-11)21-22-20-14;2-1-3/h1-5,10,12-13,16-17,25H,6-9H2,(H,20,21,22);1H,(H,2,3)/t12-,13+,16-,17-;/m1./s1. The number of benzene rings is 1. The first-order valence-electron chi connectivity index (χ1n) is 9.44. The molecule has 3 aromatic rings. The monoisotopic (exact) mass is 398 g/mol. The first kappa shape index (κ1) is 19.1. The van der Waals surface area contributed by atoms with E-state index in [9.17, 15) is 9.90 Å². The highest BCUT2D eigenvalue weighted by molar-refractivity contribution is 5.97. The van der Waals surface area contributed by atoms with Crippen molar-refractivity contribution < 1.29 is 19.8 Å². The molecule has 10 heteroatoms. The van der Waals surface area contributed by atoms with Crippen LogP contribution in [-0.2, 0) is 4.79 Å². The van der Waals surface area contributed by atoms with Crippen LogP contribution in [0, 0.1) is 11.8 Å². The van der Waals surface area contributed by atoms with Crippen molar-refractivity contribution in [2.24, 2.45) is 11.8 Å². The van der Waals surface area contributed by atoms with Crippen molar-refractivity contribution >= 4 is 23.4 Å². The van der Waals surface area contributed by atoms with Crippen LogP contribution in [0.15, 0.2) is 36.9 Å². The average Bonchev–Trinajstić information content (AvgIpc) is 3.46. The fourth-order valence-corrected chi connectivity index (χ4v) is 4.52. The normalized spacial score (nSPS) is 25.9. The van der Waals surface area contributed by atoms with Crippen LogP contribution in [0.5, 0.6) is 0 Å². The quantitative estimate of drug-likeness (QED) is 0.546. The second-order valence-corrected chi connectivity index (χ2v) is 7.48. The van der Waals surface area contributed by atoms with Gasteiger partial charge < -0.3 is 19.7 Å². The smallest absolute Gasteiger partial charge is 0.290 e. The fourth-order valence-electron chi connectivity index (χ4n) is 4.52. The van der Waals surface area contributed by atoms with Crippen molar-refractivity contribution in [3.63, 3.8) is 0 Å². The van der Waals surface area contributed by atoms with Crippen molar-refractivity contribution in [3.8, 4) is 0 Å². The Morgan fingerprint density at radius 3 is 2.62 bits per heavy atom. The fraction of sp³-hybridized carbons (Fsp3) is 0.421. The number of H-pyrrole nitrogens is 1. The molecule has 1 aliphatic carbocycles. The molecule has 3 N–H and O–H groups in total. The van der Waals surface area contributed by atoms with E-state index >= 15 is 0 Å². The van der Waals surface area contributed by atoms with E-state index in [2.05, 4.69) is 20.4 Å². The maximum Gasteiger partial charge on any atom is 0.290 e. The molecule has 2 fully saturated rings. The van der Waals surface area contributed by atoms with E-state index in [0.717, 1.165) is 24.9 Å². The Hall–Kier alpha value is -3.27.